The molecule has 2 aromatic rings. The summed E-state index contributed by atoms with van der Waals surface area (Å²) < 4.78 is 6.29. The maximum absolute atomic E-state index is 9.12. The zero-order valence-corrected chi connectivity index (χ0v) is 14.9. The Kier molecular flexibility index (Phi) is 7.04. The minimum absolute atomic E-state index is 0.254. The van der Waals surface area contributed by atoms with E-state index >= 15 is 0 Å². The molecule has 1 unspecified atom stereocenters. The zero-order chi connectivity index (χ0) is 17.3. The Labute approximate surface area is 151 Å². The summed E-state index contributed by atoms with van der Waals surface area (Å²) in [7, 11) is 0. The molecule has 3 rings (SSSR count). The third-order valence-electron chi connectivity index (χ3n) is 4.76. The van der Waals surface area contributed by atoms with Crippen molar-refractivity contribution in [2.24, 2.45) is 5.92 Å². The van der Waals surface area contributed by atoms with Crippen LogP contribution in [0.15, 0.2) is 60.7 Å². The molecular weight excluding hydrogens is 310 g/mol. The molecule has 1 fully saturated rings. The average molecular weight is 339 g/mol. The van der Waals surface area contributed by atoms with E-state index in [1.807, 2.05) is 0 Å². The van der Waals surface area contributed by atoms with Crippen molar-refractivity contribution in [2.75, 3.05) is 13.3 Å². The molecule has 1 aliphatic carbocycles. The van der Waals surface area contributed by atoms with Crippen LogP contribution in [-0.4, -0.2) is 29.4 Å². The lowest BCUT2D eigenvalue weighted by Gasteiger charge is -2.26. The summed E-state index contributed by atoms with van der Waals surface area (Å²) in [5.41, 5.74) is 2.61. The molecule has 3 heteroatoms. The van der Waals surface area contributed by atoms with Crippen molar-refractivity contribution in [3.05, 3.63) is 71.8 Å². The predicted molar refractivity (Wildman–Crippen MR) is 101 cm³/mol. The Morgan fingerprint density at radius 3 is 1.96 bits per heavy atom. The molecule has 134 valence electrons. The molecule has 25 heavy (non-hydrogen) atoms. The van der Waals surface area contributed by atoms with Crippen molar-refractivity contribution < 1.29 is 9.84 Å². The molecule has 0 aromatic heterocycles. The van der Waals surface area contributed by atoms with E-state index < -0.39 is 0 Å². The van der Waals surface area contributed by atoms with Crippen molar-refractivity contribution >= 4 is 0 Å². The lowest BCUT2D eigenvalue weighted by atomic mass is 10.1. The maximum Gasteiger partial charge on any atom is 0.0999 e. The molecule has 0 spiro atoms. The van der Waals surface area contributed by atoms with Crippen LogP contribution in [0, 0.1) is 5.92 Å². The van der Waals surface area contributed by atoms with E-state index in [4.69, 9.17) is 9.84 Å². The second-order valence-electron chi connectivity index (χ2n) is 7.00. The lowest BCUT2D eigenvalue weighted by Crippen LogP contribution is -2.29. The van der Waals surface area contributed by atoms with Crippen molar-refractivity contribution in [3.8, 4) is 0 Å². The summed E-state index contributed by atoms with van der Waals surface area (Å²) in [4.78, 5) is 2.36. The molecule has 0 radical (unpaired) electrons. The van der Waals surface area contributed by atoms with Crippen LogP contribution in [0.2, 0.25) is 0 Å². The Morgan fingerprint density at radius 2 is 1.48 bits per heavy atom. The number of rotatable bonds is 11. The minimum atomic E-state index is 0.254. The fourth-order valence-electron chi connectivity index (χ4n) is 3.25. The molecule has 0 saturated heterocycles. The molecule has 2 aromatic carbocycles. The van der Waals surface area contributed by atoms with Crippen molar-refractivity contribution in [1.82, 2.24) is 4.90 Å². The third kappa shape index (κ3) is 6.28. The first-order valence-corrected chi connectivity index (χ1v) is 9.38. The highest BCUT2D eigenvalue weighted by Crippen LogP contribution is 2.36. The van der Waals surface area contributed by atoms with Gasteiger partial charge in [0, 0.05) is 19.7 Å². The highest BCUT2D eigenvalue weighted by atomic mass is 16.5. The SMILES string of the molecule is OCCCC(OCN(Cc1ccccc1)Cc1ccccc1)C1CC1. The van der Waals surface area contributed by atoms with Crippen LogP contribution in [0.3, 0.4) is 0 Å². The van der Waals surface area contributed by atoms with Gasteiger partial charge in [-0.05, 0) is 42.7 Å². The topological polar surface area (TPSA) is 32.7 Å². The average Bonchev–Trinajstić information content (AvgIpc) is 3.48. The van der Waals surface area contributed by atoms with Crippen LogP contribution in [0.4, 0.5) is 0 Å². The molecule has 1 N–H and O–H groups in total. The van der Waals surface area contributed by atoms with Gasteiger partial charge in [-0.3, -0.25) is 4.90 Å². The monoisotopic (exact) mass is 339 g/mol. The van der Waals surface area contributed by atoms with Crippen LogP contribution in [0.1, 0.15) is 36.8 Å². The normalized spacial score (nSPS) is 15.4. The second-order valence-corrected chi connectivity index (χ2v) is 7.00. The number of nitrogens with zero attached hydrogens (tertiary/aromatic N) is 1. The smallest absolute Gasteiger partial charge is 0.0999 e. The Hall–Kier alpha value is -1.68. The van der Waals surface area contributed by atoms with Gasteiger partial charge in [0.15, 0.2) is 0 Å². The summed E-state index contributed by atoms with van der Waals surface area (Å²) in [6.07, 6.45) is 4.63. The Bertz CT molecular complexity index is 556. The van der Waals surface area contributed by atoms with E-state index in [-0.39, 0.29) is 6.61 Å². The summed E-state index contributed by atoms with van der Waals surface area (Å²) >= 11 is 0. The van der Waals surface area contributed by atoms with Crippen LogP contribution in [-0.2, 0) is 17.8 Å². The highest BCUT2D eigenvalue weighted by molar-refractivity contribution is 5.16. The van der Waals surface area contributed by atoms with Gasteiger partial charge in [-0.1, -0.05) is 60.7 Å². The van der Waals surface area contributed by atoms with Gasteiger partial charge in [-0.25, -0.2) is 0 Å². The van der Waals surface area contributed by atoms with E-state index in [2.05, 4.69) is 65.6 Å². The molecule has 0 aliphatic heterocycles. The molecule has 1 atom stereocenters. The van der Waals surface area contributed by atoms with Crippen LogP contribution in [0.25, 0.3) is 0 Å². The summed E-state index contributed by atoms with van der Waals surface area (Å²) in [6.45, 7) is 2.65. The molecule has 0 amide bonds. The first-order valence-electron chi connectivity index (χ1n) is 9.38. The highest BCUT2D eigenvalue weighted by Gasteiger charge is 2.31. The fraction of sp³-hybridized carbons (Fsp3) is 0.455. The van der Waals surface area contributed by atoms with Crippen molar-refractivity contribution in [1.29, 1.82) is 0 Å². The lowest BCUT2D eigenvalue weighted by molar-refractivity contribution is -0.0441. The van der Waals surface area contributed by atoms with Gasteiger partial charge in [-0.2, -0.15) is 0 Å². The van der Waals surface area contributed by atoms with Gasteiger partial charge in [0.25, 0.3) is 0 Å². The molecule has 1 saturated carbocycles. The number of aliphatic hydroxyl groups is 1. The first-order chi connectivity index (χ1) is 12.3. The predicted octanol–water partition coefficient (Wildman–Crippen LogP) is 4.21. The molecule has 1 aliphatic rings. The second kappa shape index (κ2) is 9.71. The van der Waals surface area contributed by atoms with Gasteiger partial charge in [0.1, 0.15) is 0 Å². The van der Waals surface area contributed by atoms with Gasteiger partial charge in [0.05, 0.1) is 12.8 Å². The van der Waals surface area contributed by atoms with E-state index in [0.29, 0.717) is 18.8 Å². The fourth-order valence-corrected chi connectivity index (χ4v) is 3.25. The van der Waals surface area contributed by atoms with Crippen molar-refractivity contribution in [2.45, 2.75) is 44.9 Å². The van der Waals surface area contributed by atoms with Crippen molar-refractivity contribution in [3.63, 3.8) is 0 Å². The standard InChI is InChI=1S/C22H29NO2/c24-15-7-12-22(21-13-14-21)25-18-23(16-19-8-3-1-4-9-19)17-20-10-5-2-6-11-20/h1-6,8-11,21-22,24H,7,12-18H2. The van der Waals surface area contributed by atoms with Crippen LogP contribution >= 0.6 is 0 Å². The number of hydrogen-bond donors (Lipinski definition) is 1. The number of aliphatic hydroxyl groups excluding tert-OH is 1. The van der Waals surface area contributed by atoms with E-state index in [9.17, 15) is 0 Å². The van der Waals surface area contributed by atoms with E-state index in [0.717, 1.165) is 25.9 Å². The maximum atomic E-state index is 9.12. The van der Waals surface area contributed by atoms with Crippen LogP contribution < -0.4 is 0 Å². The molecule has 0 heterocycles. The zero-order valence-electron chi connectivity index (χ0n) is 14.9. The Balaban J connectivity index is 1.60. The van der Waals surface area contributed by atoms with Gasteiger partial charge < -0.3 is 9.84 Å². The third-order valence-corrected chi connectivity index (χ3v) is 4.76. The molecule has 3 nitrogen and oxygen atoms in total. The molecular formula is C22H29NO2. The van der Waals surface area contributed by atoms with E-state index in [1.54, 1.807) is 0 Å². The van der Waals surface area contributed by atoms with Gasteiger partial charge in [-0.15, -0.1) is 0 Å². The van der Waals surface area contributed by atoms with E-state index in [1.165, 1.54) is 24.0 Å². The van der Waals surface area contributed by atoms with Gasteiger partial charge in [0.2, 0.25) is 0 Å². The van der Waals surface area contributed by atoms with Gasteiger partial charge >= 0.3 is 0 Å². The first kappa shape index (κ1) is 18.1. The largest absolute Gasteiger partial charge is 0.396 e. The number of ether oxygens (including phenoxy) is 1. The number of hydrogen-bond acceptors (Lipinski definition) is 3. The minimum Gasteiger partial charge on any atom is -0.396 e. The summed E-state index contributed by atoms with van der Waals surface area (Å²) in [5, 5.41) is 9.12. The number of benzene rings is 2. The van der Waals surface area contributed by atoms with Crippen LogP contribution in [0.5, 0.6) is 0 Å². The summed E-state index contributed by atoms with van der Waals surface area (Å²) in [5.74, 6) is 0.696. The Morgan fingerprint density at radius 1 is 0.920 bits per heavy atom. The quantitative estimate of drug-likeness (QED) is 0.622. The molecule has 0 bridgehead atoms. The summed E-state index contributed by atoms with van der Waals surface area (Å²) in [6, 6.07) is 21.1.